The second kappa shape index (κ2) is 9.00. The van der Waals surface area contributed by atoms with E-state index >= 15 is 0 Å². The van der Waals surface area contributed by atoms with Gasteiger partial charge in [0.1, 0.15) is 33.1 Å². The van der Waals surface area contributed by atoms with Crippen molar-refractivity contribution in [3.05, 3.63) is 65.3 Å². The Balaban J connectivity index is 1.52. The number of carbonyl (C=O) groups excluding carboxylic acids is 1. The van der Waals surface area contributed by atoms with Gasteiger partial charge < -0.3 is 14.0 Å². The van der Waals surface area contributed by atoms with Gasteiger partial charge in [-0.3, -0.25) is 4.79 Å². The second-order valence-electron chi connectivity index (χ2n) is 10.1. The monoisotopic (exact) mass is 540 g/mol. The summed E-state index contributed by atoms with van der Waals surface area (Å²) in [6, 6.07) is 8.19. The highest BCUT2D eigenvalue weighted by atomic mass is 32.2. The van der Waals surface area contributed by atoms with Crippen molar-refractivity contribution in [2.75, 3.05) is 16.4 Å². The molecule has 1 amide bonds. The summed E-state index contributed by atoms with van der Waals surface area (Å²) < 4.78 is 60.0. The van der Waals surface area contributed by atoms with Crippen LogP contribution in [0.3, 0.4) is 0 Å². The van der Waals surface area contributed by atoms with E-state index in [2.05, 4.69) is 5.16 Å². The maximum atomic E-state index is 14.1. The molecule has 2 saturated heterocycles. The van der Waals surface area contributed by atoms with Crippen LogP contribution in [0.2, 0.25) is 0 Å². The number of imidazole rings is 1. The molecule has 0 N–H and O–H groups in total. The summed E-state index contributed by atoms with van der Waals surface area (Å²) >= 11 is 0. The van der Waals surface area contributed by atoms with Crippen molar-refractivity contribution in [1.29, 1.82) is 0 Å². The molecule has 0 saturated carbocycles. The lowest BCUT2D eigenvalue weighted by molar-refractivity contribution is -0.117. The van der Waals surface area contributed by atoms with E-state index in [1.54, 1.807) is 0 Å². The van der Waals surface area contributed by atoms with Crippen molar-refractivity contribution in [3.8, 4) is 11.1 Å². The highest BCUT2D eigenvalue weighted by Gasteiger charge is 2.39. The van der Waals surface area contributed by atoms with Crippen LogP contribution in [-0.4, -0.2) is 40.5 Å². The molecule has 38 heavy (non-hydrogen) atoms. The number of nitrogens with zero attached hydrogens (tertiary/aromatic N) is 4. The number of benzene rings is 2. The van der Waals surface area contributed by atoms with Crippen molar-refractivity contribution in [2.45, 2.75) is 51.6 Å². The summed E-state index contributed by atoms with van der Waals surface area (Å²) in [5.74, 6) is -0.397. The van der Waals surface area contributed by atoms with Crippen LogP contribution >= 0.6 is 0 Å². The molecule has 0 radical (unpaired) electrons. The first-order chi connectivity index (χ1) is 18.1. The Labute approximate surface area is 218 Å². The predicted octanol–water partition coefficient (Wildman–Crippen LogP) is 5.20. The van der Waals surface area contributed by atoms with Crippen molar-refractivity contribution in [1.82, 2.24) is 14.7 Å². The Hall–Kier alpha value is -3.60. The lowest BCUT2D eigenvalue weighted by atomic mass is 10.0. The third-order valence-corrected chi connectivity index (χ3v) is 9.28. The van der Waals surface area contributed by atoms with E-state index in [0.717, 1.165) is 40.5 Å². The zero-order valence-corrected chi connectivity index (χ0v) is 21.8. The van der Waals surface area contributed by atoms with Crippen LogP contribution in [0.1, 0.15) is 55.0 Å². The van der Waals surface area contributed by atoms with Gasteiger partial charge in [-0.2, -0.15) is 0 Å². The molecule has 2 aliphatic rings. The van der Waals surface area contributed by atoms with E-state index in [1.807, 2.05) is 36.6 Å². The number of anilines is 1. The van der Waals surface area contributed by atoms with Gasteiger partial charge in [0.25, 0.3) is 0 Å². The Morgan fingerprint density at radius 1 is 1.00 bits per heavy atom. The Bertz CT molecular complexity index is 1640. The number of halogens is 2. The fourth-order valence-corrected chi connectivity index (χ4v) is 7.32. The molecular weight excluding hydrogens is 514 g/mol. The van der Waals surface area contributed by atoms with Crippen molar-refractivity contribution < 1.29 is 26.5 Å². The summed E-state index contributed by atoms with van der Waals surface area (Å²) in [4.78, 5) is 19.4. The van der Waals surface area contributed by atoms with Crippen molar-refractivity contribution in [2.24, 2.45) is 0 Å². The summed E-state index contributed by atoms with van der Waals surface area (Å²) in [5, 5.41) is 4.05. The van der Waals surface area contributed by atoms with Gasteiger partial charge in [-0.25, -0.2) is 22.2 Å². The van der Waals surface area contributed by atoms with Crippen LogP contribution in [0.25, 0.3) is 22.2 Å². The first-order valence-electron chi connectivity index (χ1n) is 12.5. The lowest BCUT2D eigenvalue weighted by Gasteiger charge is -2.30. The van der Waals surface area contributed by atoms with Crippen LogP contribution in [0.4, 0.5) is 14.5 Å². The molecule has 0 aliphatic carbocycles. The van der Waals surface area contributed by atoms with Crippen LogP contribution in [-0.2, 0) is 14.6 Å². The van der Waals surface area contributed by atoms with Crippen molar-refractivity contribution >= 4 is 32.5 Å². The Morgan fingerprint density at radius 2 is 1.71 bits per heavy atom. The van der Waals surface area contributed by atoms with Gasteiger partial charge >= 0.3 is 0 Å². The number of fused-ring (bicyclic) bond motifs is 1. The van der Waals surface area contributed by atoms with Gasteiger partial charge in [0.05, 0.1) is 40.0 Å². The molecule has 2 aromatic heterocycles. The van der Waals surface area contributed by atoms with E-state index in [0.29, 0.717) is 36.4 Å². The molecular formula is C27H26F2N4O4S. The standard InChI is InChI=1S/C27H26F2N4O4S/c1-15-26(16(2)37-31-15)17-3-4-23-22(11-17)30-27(33(23)20-7-9-38(35,36)10-8-20)24-5-6-25(34)32(24)21-13-18(28)12-19(29)14-21/h3-4,11-14,20,24H,5-10H2,1-2H3/t24-/m0/s1. The number of carbonyl (C=O) groups is 1. The first kappa shape index (κ1) is 24.7. The number of aromatic nitrogens is 3. The largest absolute Gasteiger partial charge is 0.361 e. The number of aryl methyl sites for hydroxylation is 2. The number of hydrogen-bond acceptors (Lipinski definition) is 6. The molecule has 11 heteroatoms. The third kappa shape index (κ3) is 4.18. The summed E-state index contributed by atoms with van der Waals surface area (Å²) in [6.45, 7) is 3.70. The number of sulfone groups is 1. The molecule has 0 bridgehead atoms. The molecule has 2 aliphatic heterocycles. The predicted molar refractivity (Wildman–Crippen MR) is 137 cm³/mol. The average molecular weight is 541 g/mol. The smallest absolute Gasteiger partial charge is 0.227 e. The minimum Gasteiger partial charge on any atom is -0.361 e. The lowest BCUT2D eigenvalue weighted by Crippen LogP contribution is -2.32. The molecule has 6 rings (SSSR count). The normalized spacial score (nSPS) is 20.1. The summed E-state index contributed by atoms with van der Waals surface area (Å²) in [5.41, 5.74) is 4.12. The minimum absolute atomic E-state index is 0.0658. The zero-order chi connectivity index (χ0) is 26.8. The molecule has 2 fully saturated rings. The molecule has 4 heterocycles. The summed E-state index contributed by atoms with van der Waals surface area (Å²) in [7, 11) is -3.11. The molecule has 0 spiro atoms. The fourth-order valence-electron chi connectivity index (χ4n) is 5.85. The van der Waals surface area contributed by atoms with E-state index in [4.69, 9.17) is 9.51 Å². The van der Waals surface area contributed by atoms with Gasteiger partial charge in [-0.05, 0) is 62.9 Å². The number of rotatable bonds is 4. The third-order valence-electron chi connectivity index (χ3n) is 7.56. The highest BCUT2D eigenvalue weighted by Crippen LogP contribution is 2.41. The van der Waals surface area contributed by atoms with Crippen LogP contribution < -0.4 is 4.90 Å². The second-order valence-corrected chi connectivity index (χ2v) is 12.4. The van der Waals surface area contributed by atoms with Crippen LogP contribution in [0, 0.1) is 25.5 Å². The quantitative estimate of drug-likeness (QED) is 0.353. The topological polar surface area (TPSA) is 98.3 Å². The van der Waals surface area contributed by atoms with Crippen molar-refractivity contribution in [3.63, 3.8) is 0 Å². The molecule has 198 valence electrons. The maximum Gasteiger partial charge on any atom is 0.227 e. The van der Waals surface area contributed by atoms with Gasteiger partial charge in [0, 0.05) is 24.1 Å². The maximum absolute atomic E-state index is 14.1. The van der Waals surface area contributed by atoms with E-state index < -0.39 is 27.5 Å². The zero-order valence-electron chi connectivity index (χ0n) is 20.9. The minimum atomic E-state index is -3.11. The van der Waals surface area contributed by atoms with Gasteiger partial charge in [-0.15, -0.1) is 0 Å². The van der Waals surface area contributed by atoms with Crippen LogP contribution in [0.5, 0.6) is 0 Å². The number of hydrogen-bond donors (Lipinski definition) is 0. The fraction of sp³-hybridized carbons (Fsp3) is 0.370. The van der Waals surface area contributed by atoms with E-state index in [1.165, 1.54) is 4.90 Å². The average Bonchev–Trinajstić information content (AvgIpc) is 3.52. The van der Waals surface area contributed by atoms with Gasteiger partial charge in [0.2, 0.25) is 5.91 Å². The highest BCUT2D eigenvalue weighted by molar-refractivity contribution is 7.91. The molecule has 8 nitrogen and oxygen atoms in total. The van der Waals surface area contributed by atoms with Gasteiger partial charge in [0.15, 0.2) is 0 Å². The molecule has 1 atom stereocenters. The van der Waals surface area contributed by atoms with Crippen LogP contribution in [0.15, 0.2) is 40.9 Å². The number of amides is 1. The Morgan fingerprint density at radius 3 is 2.37 bits per heavy atom. The molecule has 4 aromatic rings. The molecule has 0 unspecified atom stereocenters. The first-order valence-corrected chi connectivity index (χ1v) is 14.4. The van der Waals surface area contributed by atoms with E-state index in [-0.39, 0.29) is 35.6 Å². The summed E-state index contributed by atoms with van der Waals surface area (Å²) in [6.07, 6.45) is 1.46. The van der Waals surface area contributed by atoms with Gasteiger partial charge in [-0.1, -0.05) is 11.2 Å². The SMILES string of the molecule is Cc1noc(C)c1-c1ccc2c(c1)nc([C@@H]1CCC(=O)N1c1cc(F)cc(F)c1)n2C1CCS(=O)(=O)CC1. The van der Waals surface area contributed by atoms with E-state index in [9.17, 15) is 22.0 Å². The molecule has 2 aromatic carbocycles. The Kier molecular flexibility index (Phi) is 5.86.